The zero-order chi connectivity index (χ0) is 25.2. The van der Waals surface area contributed by atoms with Gasteiger partial charge in [0.05, 0.1) is 34.5 Å². The van der Waals surface area contributed by atoms with Gasteiger partial charge < -0.3 is 20.5 Å². The van der Waals surface area contributed by atoms with Crippen molar-refractivity contribution in [2.24, 2.45) is 0 Å². The maximum Gasteiger partial charge on any atom is 0.256 e. The number of nitrogens with zero attached hydrogens (tertiary/aromatic N) is 1. The largest absolute Gasteiger partial charge is 0.374 e. The molecule has 0 spiro atoms. The van der Waals surface area contributed by atoms with Gasteiger partial charge in [-0.05, 0) is 17.5 Å². The molecule has 186 valence electrons. The van der Waals surface area contributed by atoms with Crippen LogP contribution in [0.15, 0.2) is 41.3 Å². The molecule has 1 atom stereocenters. The number of hydrogen-bond donors (Lipinski definition) is 4. The first-order chi connectivity index (χ1) is 16.6. The molecule has 2 amide bonds. The third-order valence-corrected chi connectivity index (χ3v) is 8.24. The number of carbonyl (C=O) groups is 2. The highest BCUT2D eigenvalue weighted by atomic mass is 32.2. The zero-order valence-corrected chi connectivity index (χ0v) is 21.5. The summed E-state index contributed by atoms with van der Waals surface area (Å²) in [5, 5.41) is 7.73. The Morgan fingerprint density at radius 3 is 2.66 bits per heavy atom. The third-order valence-electron chi connectivity index (χ3n) is 5.68. The first-order valence-corrected chi connectivity index (χ1v) is 13.5. The molecule has 3 heterocycles. The van der Waals surface area contributed by atoms with Crippen LogP contribution >= 0.6 is 11.3 Å². The van der Waals surface area contributed by atoms with E-state index >= 15 is 0 Å². The molecule has 4 N–H and O–H groups in total. The van der Waals surface area contributed by atoms with E-state index in [1.54, 1.807) is 23.2 Å². The number of thiophene rings is 1. The van der Waals surface area contributed by atoms with Gasteiger partial charge in [0.2, 0.25) is 5.91 Å². The van der Waals surface area contributed by atoms with Gasteiger partial charge in [-0.1, -0.05) is 39.0 Å². The predicted octanol–water partition coefficient (Wildman–Crippen LogP) is 2.65. The topological polar surface area (TPSA) is 123 Å². The number of pyridine rings is 1. The number of H-pyrrole nitrogens is 1. The summed E-state index contributed by atoms with van der Waals surface area (Å²) < 4.78 is 14.7. The number of aromatic amines is 1. The Balaban J connectivity index is 1.53. The Bertz CT molecular complexity index is 1340. The second-order valence-corrected chi connectivity index (χ2v) is 11.8. The maximum absolute atomic E-state index is 13.4. The van der Waals surface area contributed by atoms with E-state index in [4.69, 9.17) is 0 Å². The minimum Gasteiger partial charge on any atom is -0.374 e. The van der Waals surface area contributed by atoms with E-state index in [9.17, 15) is 18.6 Å². The van der Waals surface area contributed by atoms with Crippen molar-refractivity contribution in [3.05, 3.63) is 57.3 Å². The lowest BCUT2D eigenvalue weighted by Gasteiger charge is -2.20. The van der Waals surface area contributed by atoms with Gasteiger partial charge in [-0.15, -0.1) is 11.3 Å². The van der Waals surface area contributed by atoms with E-state index in [-0.39, 0.29) is 29.3 Å². The summed E-state index contributed by atoms with van der Waals surface area (Å²) in [6.45, 7) is 7.40. The molecule has 11 heteroatoms. The lowest BCUT2D eigenvalue weighted by atomic mass is 9.94. The average Bonchev–Trinajstić information content (AvgIpc) is 3.12. The minimum absolute atomic E-state index is 0.0426. The average molecular weight is 516 g/mol. The summed E-state index contributed by atoms with van der Waals surface area (Å²) in [6.07, 6.45) is 1.55. The molecule has 0 bridgehead atoms. The SMILES string of the molecule is CC(C)(C)c1cc(C(=O)N2CCNS(=O)CC2)c(NC(=O)CNc2c[nH]c(=O)c3ccccc23)s1. The molecule has 0 radical (unpaired) electrons. The molecule has 2 aromatic heterocycles. The molecule has 4 rings (SSSR count). The number of benzene rings is 1. The van der Waals surface area contributed by atoms with Gasteiger partial charge >= 0.3 is 0 Å². The number of carbonyl (C=O) groups excluding carboxylic acids is 2. The minimum atomic E-state index is -1.15. The monoisotopic (exact) mass is 515 g/mol. The van der Waals surface area contributed by atoms with Gasteiger partial charge in [-0.2, -0.15) is 0 Å². The first-order valence-electron chi connectivity index (χ1n) is 11.3. The van der Waals surface area contributed by atoms with Crippen LogP contribution in [0.3, 0.4) is 0 Å². The van der Waals surface area contributed by atoms with Crippen LogP contribution in [0.4, 0.5) is 10.7 Å². The zero-order valence-electron chi connectivity index (χ0n) is 19.9. The van der Waals surface area contributed by atoms with Crippen molar-refractivity contribution < 1.29 is 13.8 Å². The van der Waals surface area contributed by atoms with E-state index < -0.39 is 11.0 Å². The Morgan fingerprint density at radius 1 is 1.17 bits per heavy atom. The van der Waals surface area contributed by atoms with Crippen molar-refractivity contribution in [1.29, 1.82) is 0 Å². The Labute approximate surface area is 209 Å². The van der Waals surface area contributed by atoms with E-state index in [2.05, 4.69) is 41.1 Å². The van der Waals surface area contributed by atoms with Crippen LogP contribution in [0, 0.1) is 0 Å². The van der Waals surface area contributed by atoms with Crippen LogP contribution in [0.25, 0.3) is 10.8 Å². The van der Waals surface area contributed by atoms with Crippen molar-refractivity contribution in [3.8, 4) is 0 Å². The maximum atomic E-state index is 13.4. The van der Waals surface area contributed by atoms with E-state index in [1.807, 2.05) is 18.2 Å². The highest BCUT2D eigenvalue weighted by Crippen LogP contribution is 2.36. The second-order valence-electron chi connectivity index (χ2n) is 9.32. The number of aromatic nitrogens is 1. The summed E-state index contributed by atoms with van der Waals surface area (Å²) in [5.41, 5.74) is 0.686. The molecule has 9 nitrogen and oxygen atoms in total. The number of rotatable bonds is 5. The standard InChI is InChI=1S/C24H29N5O4S2/c1-24(2,3)19-12-17(23(32)29-9-8-27-35(33)11-10-29)22(34-19)28-20(30)14-25-18-13-26-21(31)16-7-5-4-6-15(16)18/h4-7,12-13,25,27H,8-11,14H2,1-3H3,(H,26,31)(H,28,30). The van der Waals surface area contributed by atoms with E-state index in [0.29, 0.717) is 47.0 Å². The van der Waals surface area contributed by atoms with Crippen LogP contribution < -0.4 is 20.9 Å². The molecule has 0 aliphatic carbocycles. The molecule has 35 heavy (non-hydrogen) atoms. The van der Waals surface area contributed by atoms with Gasteiger partial charge in [-0.3, -0.25) is 14.4 Å². The highest BCUT2D eigenvalue weighted by molar-refractivity contribution is 7.83. The van der Waals surface area contributed by atoms with E-state index in [0.717, 1.165) is 10.3 Å². The number of amides is 2. The third kappa shape index (κ3) is 5.80. The van der Waals surface area contributed by atoms with Gasteiger partial charge in [-0.25, -0.2) is 8.93 Å². The molecule has 1 aliphatic rings. The van der Waals surface area contributed by atoms with Gasteiger partial charge in [0.25, 0.3) is 11.5 Å². The Kier molecular flexibility index (Phi) is 7.39. The molecule has 1 unspecified atom stereocenters. The molecule has 1 fully saturated rings. The lowest BCUT2D eigenvalue weighted by Crippen LogP contribution is -2.35. The van der Waals surface area contributed by atoms with Gasteiger partial charge in [0.15, 0.2) is 0 Å². The lowest BCUT2D eigenvalue weighted by molar-refractivity contribution is -0.114. The van der Waals surface area contributed by atoms with Crippen molar-refractivity contribution in [2.75, 3.05) is 42.6 Å². The molecule has 1 aliphatic heterocycles. The molecule has 1 aromatic carbocycles. The van der Waals surface area contributed by atoms with Crippen LogP contribution in [-0.2, 0) is 21.2 Å². The Hall–Kier alpha value is -3.02. The molecule has 1 saturated heterocycles. The van der Waals surface area contributed by atoms with Crippen molar-refractivity contribution in [1.82, 2.24) is 14.6 Å². The predicted molar refractivity (Wildman–Crippen MR) is 142 cm³/mol. The molecular weight excluding hydrogens is 486 g/mol. The summed E-state index contributed by atoms with van der Waals surface area (Å²) >= 11 is 1.39. The van der Waals surface area contributed by atoms with Gasteiger partial charge in [0, 0.05) is 41.5 Å². The smallest absolute Gasteiger partial charge is 0.256 e. The quantitative estimate of drug-likeness (QED) is 0.416. The summed E-state index contributed by atoms with van der Waals surface area (Å²) in [6, 6.07) is 9.01. The van der Waals surface area contributed by atoms with Crippen molar-refractivity contribution in [2.45, 2.75) is 26.2 Å². The fourth-order valence-electron chi connectivity index (χ4n) is 3.76. The highest BCUT2D eigenvalue weighted by Gasteiger charge is 2.27. The molecule has 3 aromatic rings. The Morgan fingerprint density at radius 2 is 1.91 bits per heavy atom. The normalized spacial score (nSPS) is 16.7. The van der Waals surface area contributed by atoms with E-state index in [1.165, 1.54) is 11.3 Å². The fraction of sp³-hybridized carbons (Fsp3) is 0.375. The summed E-state index contributed by atoms with van der Waals surface area (Å²) in [4.78, 5) is 43.6. The summed E-state index contributed by atoms with van der Waals surface area (Å²) in [7, 11) is -1.15. The van der Waals surface area contributed by atoms with Crippen LogP contribution in [0.5, 0.6) is 0 Å². The first kappa shape index (κ1) is 25.1. The van der Waals surface area contributed by atoms with Crippen LogP contribution in [0.2, 0.25) is 0 Å². The van der Waals surface area contributed by atoms with Crippen LogP contribution in [-0.4, -0.2) is 57.8 Å². The number of hydrogen-bond acceptors (Lipinski definition) is 6. The molecule has 0 saturated carbocycles. The second kappa shape index (κ2) is 10.3. The van der Waals surface area contributed by atoms with Gasteiger partial charge in [0.1, 0.15) is 5.00 Å². The van der Waals surface area contributed by atoms with Crippen molar-refractivity contribution >= 4 is 55.6 Å². The number of fused-ring (bicyclic) bond motifs is 1. The fourth-order valence-corrected chi connectivity index (χ4v) is 5.73. The van der Waals surface area contributed by atoms with Crippen molar-refractivity contribution in [3.63, 3.8) is 0 Å². The summed E-state index contributed by atoms with van der Waals surface area (Å²) in [5.74, 6) is -0.136. The number of nitrogens with one attached hydrogen (secondary N) is 4. The molecular formula is C24H29N5O4S2. The van der Waals surface area contributed by atoms with Crippen LogP contribution in [0.1, 0.15) is 36.0 Å². The number of anilines is 2.